The second-order valence-electron chi connectivity index (χ2n) is 12.2. The highest BCUT2D eigenvalue weighted by atomic mass is 16.4. The average molecular weight is 639 g/mol. The Morgan fingerprint density at radius 1 is 0.644 bits per heavy atom. The van der Waals surface area contributed by atoms with Gasteiger partial charge >= 0.3 is 11.9 Å². The van der Waals surface area contributed by atoms with Gasteiger partial charge in [-0.1, -0.05) is 129 Å². The van der Waals surface area contributed by atoms with Gasteiger partial charge in [0.2, 0.25) is 5.91 Å². The van der Waals surface area contributed by atoms with Gasteiger partial charge < -0.3 is 26.6 Å². The monoisotopic (exact) mass is 639 g/mol. The third kappa shape index (κ3) is 39.4. The van der Waals surface area contributed by atoms with E-state index in [0.717, 1.165) is 32.1 Å². The van der Waals surface area contributed by atoms with Gasteiger partial charge in [0.05, 0.1) is 0 Å². The normalized spacial score (nSPS) is 11.5. The molecular weight excluding hydrogens is 568 g/mol. The molecule has 0 spiro atoms. The van der Waals surface area contributed by atoms with Crippen molar-refractivity contribution in [3.05, 3.63) is 12.2 Å². The van der Waals surface area contributed by atoms with E-state index in [0.29, 0.717) is 32.2 Å². The molecule has 0 bridgehead atoms. The van der Waals surface area contributed by atoms with Crippen molar-refractivity contribution in [3.63, 3.8) is 0 Å². The molecule has 0 aromatic carbocycles. The van der Waals surface area contributed by atoms with E-state index in [1.807, 2.05) is 0 Å². The van der Waals surface area contributed by atoms with Crippen molar-refractivity contribution in [2.75, 3.05) is 6.54 Å². The SMILES string of the molecule is CCCCCCCC/C=C\CCCCCCCC(=O)O.CCCCCCCCCCCC(=O)N[C@@H](CCCNC(=N)N)C(=O)O. The van der Waals surface area contributed by atoms with E-state index in [9.17, 15) is 14.4 Å². The summed E-state index contributed by atoms with van der Waals surface area (Å²) < 4.78 is 0. The van der Waals surface area contributed by atoms with Crippen molar-refractivity contribution in [2.45, 2.75) is 187 Å². The molecule has 9 nitrogen and oxygen atoms in total. The Morgan fingerprint density at radius 3 is 1.49 bits per heavy atom. The van der Waals surface area contributed by atoms with Crippen LogP contribution in [0.3, 0.4) is 0 Å². The maximum Gasteiger partial charge on any atom is 0.326 e. The first-order valence-electron chi connectivity index (χ1n) is 18.2. The lowest BCUT2D eigenvalue weighted by Gasteiger charge is -2.14. The minimum atomic E-state index is -1.02. The number of nitrogens with two attached hydrogens (primary N) is 1. The quantitative estimate of drug-likeness (QED) is 0.0191. The van der Waals surface area contributed by atoms with Gasteiger partial charge in [-0.2, -0.15) is 0 Å². The lowest BCUT2D eigenvalue weighted by atomic mass is 10.1. The molecule has 0 aromatic heterocycles. The second kappa shape index (κ2) is 35.9. The highest BCUT2D eigenvalue weighted by Crippen LogP contribution is 2.11. The lowest BCUT2D eigenvalue weighted by molar-refractivity contribution is -0.142. The summed E-state index contributed by atoms with van der Waals surface area (Å²) in [5.41, 5.74) is 5.16. The van der Waals surface area contributed by atoms with Crippen LogP contribution in [0.5, 0.6) is 0 Å². The van der Waals surface area contributed by atoms with Crippen molar-refractivity contribution < 1.29 is 24.6 Å². The molecule has 0 unspecified atom stereocenters. The maximum absolute atomic E-state index is 11.9. The molecule has 0 aliphatic rings. The summed E-state index contributed by atoms with van der Waals surface area (Å²) in [6.45, 7) is 4.89. The van der Waals surface area contributed by atoms with Crippen LogP contribution in [-0.2, 0) is 14.4 Å². The van der Waals surface area contributed by atoms with Crippen molar-refractivity contribution >= 4 is 23.8 Å². The zero-order valence-electron chi connectivity index (χ0n) is 29.0. The van der Waals surface area contributed by atoms with Crippen molar-refractivity contribution in [3.8, 4) is 0 Å². The summed E-state index contributed by atoms with van der Waals surface area (Å²) >= 11 is 0. The molecule has 45 heavy (non-hydrogen) atoms. The summed E-state index contributed by atoms with van der Waals surface area (Å²) in [5.74, 6) is -2.03. The third-order valence-electron chi connectivity index (χ3n) is 7.78. The van der Waals surface area contributed by atoms with Crippen molar-refractivity contribution in [1.29, 1.82) is 5.41 Å². The number of carbonyl (C=O) groups excluding carboxylic acids is 1. The number of hydrogen-bond donors (Lipinski definition) is 6. The first-order chi connectivity index (χ1) is 21.7. The minimum absolute atomic E-state index is 0.138. The van der Waals surface area contributed by atoms with Gasteiger partial charge in [-0.15, -0.1) is 0 Å². The van der Waals surface area contributed by atoms with Gasteiger partial charge in [-0.3, -0.25) is 15.0 Å². The van der Waals surface area contributed by atoms with Crippen LogP contribution in [0.1, 0.15) is 181 Å². The second-order valence-corrected chi connectivity index (χ2v) is 12.2. The molecular formula is C36H70N4O5. The highest BCUT2D eigenvalue weighted by molar-refractivity contribution is 5.83. The van der Waals surface area contributed by atoms with Crippen LogP contribution < -0.4 is 16.4 Å². The summed E-state index contributed by atoms with van der Waals surface area (Å²) in [6, 6.07) is -0.875. The van der Waals surface area contributed by atoms with Gasteiger partial charge in [0, 0.05) is 19.4 Å². The number of unbranched alkanes of at least 4 members (excludes halogenated alkanes) is 19. The molecule has 0 rings (SSSR count). The Bertz CT molecular complexity index is 745. The number of carboxylic acids is 2. The summed E-state index contributed by atoms with van der Waals surface area (Å²) in [6.07, 6.45) is 33.1. The molecule has 0 aliphatic heterocycles. The van der Waals surface area contributed by atoms with E-state index in [-0.39, 0.29) is 11.9 Å². The number of hydrogen-bond acceptors (Lipinski definition) is 4. The van der Waals surface area contributed by atoms with E-state index in [2.05, 4.69) is 36.6 Å². The maximum atomic E-state index is 11.9. The number of carbonyl (C=O) groups is 3. The first kappa shape index (κ1) is 44.5. The van der Waals surface area contributed by atoms with E-state index in [1.165, 1.54) is 109 Å². The van der Waals surface area contributed by atoms with Gasteiger partial charge in [0.1, 0.15) is 6.04 Å². The molecule has 1 atom stereocenters. The van der Waals surface area contributed by atoms with Crippen molar-refractivity contribution in [2.24, 2.45) is 5.73 Å². The Labute approximate surface area is 275 Å². The van der Waals surface area contributed by atoms with Crippen LogP contribution in [0, 0.1) is 5.41 Å². The zero-order chi connectivity index (χ0) is 33.8. The predicted octanol–water partition coefficient (Wildman–Crippen LogP) is 8.85. The van der Waals surface area contributed by atoms with Gasteiger partial charge in [0.25, 0.3) is 0 Å². The molecule has 0 fully saturated rings. The fraction of sp³-hybridized carbons (Fsp3) is 0.833. The molecule has 0 aliphatic carbocycles. The summed E-state index contributed by atoms with van der Waals surface area (Å²) in [5, 5.41) is 29.9. The number of amides is 1. The smallest absolute Gasteiger partial charge is 0.326 e. The molecule has 264 valence electrons. The number of nitrogens with one attached hydrogen (secondary N) is 3. The largest absolute Gasteiger partial charge is 0.481 e. The van der Waals surface area contributed by atoms with Crippen LogP contribution in [0.15, 0.2) is 12.2 Å². The Morgan fingerprint density at radius 2 is 1.07 bits per heavy atom. The number of rotatable bonds is 31. The molecule has 7 N–H and O–H groups in total. The number of allylic oxidation sites excluding steroid dienone is 2. The van der Waals surface area contributed by atoms with Gasteiger partial charge in [0.15, 0.2) is 5.96 Å². The first-order valence-corrected chi connectivity index (χ1v) is 18.2. The van der Waals surface area contributed by atoms with Crippen LogP contribution in [0.2, 0.25) is 0 Å². The standard InChI is InChI=1S/C18H36N4O3.C18H34O2/c1-2-3-4-5-6-7-8-9-10-13-16(23)22-15(17(24)25)12-11-14-21-18(19)20;1-2-3-4-5-6-7-8-9-10-11-12-13-14-15-16-17-18(19)20/h15H,2-14H2,1H3,(H,22,23)(H,24,25)(H4,19,20,21);9-10H,2-8,11-17H2,1H3,(H,19,20)/b;10-9-/t15-;/m0./s1. The number of carboxylic acid groups (broad SMARTS) is 2. The van der Waals surface area contributed by atoms with Crippen LogP contribution in [0.25, 0.3) is 0 Å². The lowest BCUT2D eigenvalue weighted by Crippen LogP contribution is -2.41. The summed E-state index contributed by atoms with van der Waals surface area (Å²) in [4.78, 5) is 33.4. The van der Waals surface area contributed by atoms with Crippen LogP contribution in [0.4, 0.5) is 0 Å². The van der Waals surface area contributed by atoms with Gasteiger partial charge in [-0.25, -0.2) is 4.79 Å². The van der Waals surface area contributed by atoms with E-state index >= 15 is 0 Å². The van der Waals surface area contributed by atoms with Gasteiger partial charge in [-0.05, 0) is 51.4 Å². The topological polar surface area (TPSA) is 166 Å². The third-order valence-corrected chi connectivity index (χ3v) is 7.78. The fourth-order valence-electron chi connectivity index (χ4n) is 5.00. The zero-order valence-corrected chi connectivity index (χ0v) is 29.0. The molecule has 0 radical (unpaired) electrons. The Hall–Kier alpha value is -2.58. The summed E-state index contributed by atoms with van der Waals surface area (Å²) in [7, 11) is 0. The average Bonchev–Trinajstić information content (AvgIpc) is 2.99. The number of aliphatic carboxylic acids is 2. The van der Waals surface area contributed by atoms with Crippen LogP contribution in [-0.4, -0.2) is 46.6 Å². The molecule has 1 amide bonds. The minimum Gasteiger partial charge on any atom is -0.481 e. The van der Waals surface area contributed by atoms with E-state index in [4.69, 9.17) is 21.4 Å². The Kier molecular flexibility index (Phi) is 35.5. The molecule has 0 heterocycles. The molecule has 0 aromatic rings. The highest BCUT2D eigenvalue weighted by Gasteiger charge is 2.19. The molecule has 0 saturated carbocycles. The van der Waals surface area contributed by atoms with E-state index in [1.54, 1.807) is 0 Å². The molecule has 9 heteroatoms. The van der Waals surface area contributed by atoms with Crippen molar-refractivity contribution in [1.82, 2.24) is 10.6 Å². The predicted molar refractivity (Wildman–Crippen MR) is 188 cm³/mol. The fourth-order valence-corrected chi connectivity index (χ4v) is 5.00. The van der Waals surface area contributed by atoms with Crippen LogP contribution >= 0.6 is 0 Å². The van der Waals surface area contributed by atoms with E-state index < -0.39 is 18.0 Å². The Balaban J connectivity index is 0. The molecule has 0 saturated heterocycles. The number of guanidine groups is 1.